The molecule has 0 saturated heterocycles. The number of nitrogens with zero attached hydrogens (tertiary/aromatic N) is 2. The van der Waals surface area contributed by atoms with Crippen LogP contribution < -0.4 is 0 Å². The van der Waals surface area contributed by atoms with E-state index in [1.807, 2.05) is 0 Å². The average molecular weight is 184 g/mol. The van der Waals surface area contributed by atoms with E-state index >= 15 is 0 Å². The Morgan fingerprint density at radius 3 is 2.46 bits per heavy atom. The van der Waals surface area contributed by atoms with Crippen molar-refractivity contribution < 1.29 is 15.3 Å². The Balaban J connectivity index is 2.69. The summed E-state index contributed by atoms with van der Waals surface area (Å²) in [4.78, 5) is 7.83. The summed E-state index contributed by atoms with van der Waals surface area (Å²) in [6.07, 6.45) is 2.34. The summed E-state index contributed by atoms with van der Waals surface area (Å²) < 4.78 is 0. The van der Waals surface area contributed by atoms with Gasteiger partial charge in [0.1, 0.15) is 6.10 Å². The lowest BCUT2D eigenvalue weighted by molar-refractivity contribution is 0.0919. The number of rotatable bonds is 4. The summed E-state index contributed by atoms with van der Waals surface area (Å²) in [6, 6.07) is 0. The summed E-state index contributed by atoms with van der Waals surface area (Å²) >= 11 is 0. The van der Waals surface area contributed by atoms with Crippen LogP contribution >= 0.6 is 0 Å². The van der Waals surface area contributed by atoms with Crippen molar-refractivity contribution >= 4 is 0 Å². The van der Waals surface area contributed by atoms with E-state index in [1.165, 1.54) is 12.4 Å². The van der Waals surface area contributed by atoms with E-state index < -0.39 is 6.10 Å². The lowest BCUT2D eigenvalue weighted by atomic mass is 10.2. The second-order valence-corrected chi connectivity index (χ2v) is 2.60. The maximum absolute atomic E-state index is 9.15. The third-order valence-corrected chi connectivity index (χ3v) is 1.61. The van der Waals surface area contributed by atoms with Gasteiger partial charge < -0.3 is 15.3 Å². The largest absolute Gasteiger partial charge is 0.396 e. The van der Waals surface area contributed by atoms with Gasteiger partial charge in [0.15, 0.2) is 0 Å². The van der Waals surface area contributed by atoms with Gasteiger partial charge in [-0.3, -0.25) is 9.97 Å². The number of aliphatic hydroxyl groups excluding tert-OH is 3. The zero-order valence-corrected chi connectivity index (χ0v) is 7.09. The molecule has 3 N–H and O–H groups in total. The first-order valence-corrected chi connectivity index (χ1v) is 3.98. The number of aromatic nitrogens is 2. The molecule has 1 atom stereocenters. The second-order valence-electron chi connectivity index (χ2n) is 2.60. The fourth-order valence-corrected chi connectivity index (χ4v) is 0.874. The van der Waals surface area contributed by atoms with E-state index in [0.717, 1.165) is 0 Å². The van der Waals surface area contributed by atoms with Gasteiger partial charge in [-0.2, -0.15) is 0 Å². The van der Waals surface area contributed by atoms with Crippen molar-refractivity contribution in [3.63, 3.8) is 0 Å². The monoisotopic (exact) mass is 184 g/mol. The number of hydrogen-bond donors (Lipinski definition) is 3. The molecule has 0 aliphatic carbocycles. The molecule has 1 aromatic rings. The van der Waals surface area contributed by atoms with Crippen LogP contribution in [0.25, 0.3) is 0 Å². The zero-order chi connectivity index (χ0) is 9.68. The molecule has 1 aromatic heterocycles. The van der Waals surface area contributed by atoms with E-state index in [2.05, 4.69) is 9.97 Å². The van der Waals surface area contributed by atoms with Crippen LogP contribution in [0.4, 0.5) is 0 Å². The molecule has 0 amide bonds. The highest BCUT2D eigenvalue weighted by molar-refractivity contribution is 5.05. The van der Waals surface area contributed by atoms with Gasteiger partial charge in [0.05, 0.1) is 24.2 Å². The minimum Gasteiger partial charge on any atom is -0.396 e. The van der Waals surface area contributed by atoms with E-state index in [9.17, 15) is 0 Å². The summed E-state index contributed by atoms with van der Waals surface area (Å²) in [6.45, 7) is -0.343. The zero-order valence-electron chi connectivity index (χ0n) is 7.09. The van der Waals surface area contributed by atoms with Crippen molar-refractivity contribution in [3.05, 3.63) is 23.8 Å². The van der Waals surface area contributed by atoms with Crippen molar-refractivity contribution in [2.24, 2.45) is 0 Å². The predicted molar refractivity (Wildman–Crippen MR) is 44.9 cm³/mol. The molecule has 0 unspecified atom stereocenters. The molecule has 0 bridgehead atoms. The molecule has 1 heterocycles. The van der Waals surface area contributed by atoms with Gasteiger partial charge >= 0.3 is 0 Å². The maximum Gasteiger partial charge on any atom is 0.120 e. The molecule has 0 aliphatic heterocycles. The van der Waals surface area contributed by atoms with Crippen LogP contribution in [-0.2, 0) is 6.42 Å². The van der Waals surface area contributed by atoms with Crippen molar-refractivity contribution in [3.8, 4) is 0 Å². The topological polar surface area (TPSA) is 86.5 Å². The van der Waals surface area contributed by atoms with Crippen LogP contribution in [0.15, 0.2) is 12.4 Å². The fraction of sp³-hybridized carbons (Fsp3) is 0.500. The van der Waals surface area contributed by atoms with Crippen LogP contribution in [0.2, 0.25) is 0 Å². The smallest absolute Gasteiger partial charge is 0.120 e. The normalized spacial score (nSPS) is 12.8. The molecule has 0 radical (unpaired) electrons. The first-order valence-electron chi connectivity index (χ1n) is 3.98. The minimum absolute atomic E-state index is 0.0244. The Hall–Kier alpha value is -1.04. The van der Waals surface area contributed by atoms with Gasteiger partial charge in [0, 0.05) is 19.2 Å². The highest BCUT2D eigenvalue weighted by Gasteiger charge is 2.07. The SMILES string of the molecule is OCCc1cnc([C@H](O)CO)cn1. The number of aliphatic hydroxyl groups is 3. The Labute approximate surface area is 75.7 Å². The summed E-state index contributed by atoms with van der Waals surface area (Å²) in [5.41, 5.74) is 1.00. The van der Waals surface area contributed by atoms with Crippen molar-refractivity contribution in [2.45, 2.75) is 12.5 Å². The van der Waals surface area contributed by atoms with Gasteiger partial charge in [-0.1, -0.05) is 0 Å². The molecule has 0 spiro atoms. The minimum atomic E-state index is -0.976. The van der Waals surface area contributed by atoms with E-state index in [4.69, 9.17) is 15.3 Å². The first-order chi connectivity index (χ1) is 6.27. The Bertz CT molecular complexity index is 250. The van der Waals surface area contributed by atoms with Gasteiger partial charge in [-0.15, -0.1) is 0 Å². The third kappa shape index (κ3) is 2.73. The Kier molecular flexibility index (Phi) is 3.75. The third-order valence-electron chi connectivity index (χ3n) is 1.61. The van der Waals surface area contributed by atoms with Crippen LogP contribution in [-0.4, -0.2) is 38.5 Å². The molecule has 1 rings (SSSR count). The quantitative estimate of drug-likeness (QED) is 0.561. The van der Waals surface area contributed by atoms with Crippen LogP contribution in [0.5, 0.6) is 0 Å². The molecule has 0 aromatic carbocycles. The van der Waals surface area contributed by atoms with E-state index in [-0.39, 0.29) is 13.2 Å². The molecule has 5 heteroatoms. The maximum atomic E-state index is 9.15. The highest BCUT2D eigenvalue weighted by Crippen LogP contribution is 2.06. The Morgan fingerprint density at radius 2 is 2.00 bits per heavy atom. The molecule has 5 nitrogen and oxygen atoms in total. The van der Waals surface area contributed by atoms with Gasteiger partial charge in [0.2, 0.25) is 0 Å². The second kappa shape index (κ2) is 4.86. The summed E-state index contributed by atoms with van der Waals surface area (Å²) in [7, 11) is 0. The standard InChI is InChI=1S/C8H12N2O3/c11-2-1-6-3-10-7(4-9-6)8(13)5-12/h3-4,8,11-13H,1-2,5H2/t8-/m1/s1. The highest BCUT2D eigenvalue weighted by atomic mass is 16.3. The lowest BCUT2D eigenvalue weighted by Gasteiger charge is -2.05. The molecule has 0 fully saturated rings. The number of hydrogen-bond acceptors (Lipinski definition) is 5. The van der Waals surface area contributed by atoms with E-state index in [0.29, 0.717) is 17.8 Å². The average Bonchev–Trinajstić information content (AvgIpc) is 2.18. The molecule has 0 saturated carbocycles. The van der Waals surface area contributed by atoms with Crippen molar-refractivity contribution in [1.29, 1.82) is 0 Å². The van der Waals surface area contributed by atoms with Gasteiger partial charge in [-0.25, -0.2) is 0 Å². The lowest BCUT2D eigenvalue weighted by Crippen LogP contribution is -2.06. The van der Waals surface area contributed by atoms with Crippen LogP contribution in [0.3, 0.4) is 0 Å². The summed E-state index contributed by atoms with van der Waals surface area (Å²) in [5, 5.41) is 26.3. The fourth-order valence-electron chi connectivity index (χ4n) is 0.874. The van der Waals surface area contributed by atoms with Crippen LogP contribution in [0, 0.1) is 0 Å². The van der Waals surface area contributed by atoms with E-state index in [1.54, 1.807) is 0 Å². The van der Waals surface area contributed by atoms with Gasteiger partial charge in [-0.05, 0) is 0 Å². The Morgan fingerprint density at radius 1 is 1.23 bits per heavy atom. The van der Waals surface area contributed by atoms with Gasteiger partial charge in [0.25, 0.3) is 0 Å². The molecule has 72 valence electrons. The predicted octanol–water partition coefficient (Wildman–Crippen LogP) is -0.963. The van der Waals surface area contributed by atoms with Crippen molar-refractivity contribution in [2.75, 3.05) is 13.2 Å². The molecular formula is C8H12N2O3. The van der Waals surface area contributed by atoms with Crippen molar-refractivity contribution in [1.82, 2.24) is 9.97 Å². The van der Waals surface area contributed by atoms with Crippen LogP contribution in [0.1, 0.15) is 17.5 Å². The first kappa shape index (κ1) is 10.0. The molecule has 0 aliphatic rings. The molecule has 13 heavy (non-hydrogen) atoms. The summed E-state index contributed by atoms with van der Waals surface area (Å²) in [5.74, 6) is 0. The molecular weight excluding hydrogens is 172 g/mol.